The first-order valence-corrected chi connectivity index (χ1v) is 3.03. The quantitative estimate of drug-likeness (QED) is 0.452. The summed E-state index contributed by atoms with van der Waals surface area (Å²) in [6.07, 6.45) is 2.05. The second kappa shape index (κ2) is 1.32. The molecule has 2 rings (SSSR count). The maximum absolute atomic E-state index is 10.8. The molecular weight excluding hydrogens is 104 g/mol. The van der Waals surface area contributed by atoms with Crippen LogP contribution in [0.25, 0.3) is 0 Å². The van der Waals surface area contributed by atoms with Crippen molar-refractivity contribution in [3.05, 3.63) is 0 Å². The van der Waals surface area contributed by atoms with Gasteiger partial charge in [0, 0.05) is 5.92 Å². The number of fused-ring (bicyclic) bond motifs is 2. The summed E-state index contributed by atoms with van der Waals surface area (Å²) in [7, 11) is 0. The van der Waals surface area contributed by atoms with E-state index in [9.17, 15) is 4.79 Å². The van der Waals surface area contributed by atoms with Crippen molar-refractivity contribution < 1.29 is 9.53 Å². The maximum Gasteiger partial charge on any atom is 0.166 e. The van der Waals surface area contributed by atoms with Crippen LogP contribution in [0.4, 0.5) is 0 Å². The Kier molecular flexibility index (Phi) is 0.742. The Labute approximate surface area is 47.8 Å². The predicted molar refractivity (Wildman–Crippen MR) is 27.5 cm³/mol. The second-order valence-electron chi connectivity index (χ2n) is 2.50. The molecule has 1 aliphatic carbocycles. The number of hydrogen-bond acceptors (Lipinski definition) is 2. The zero-order valence-electron chi connectivity index (χ0n) is 4.59. The zero-order chi connectivity index (χ0) is 5.56. The zero-order valence-corrected chi connectivity index (χ0v) is 4.59. The standard InChI is InChI=1S/C6H8O2/c7-6-4-1-2-5(6)8-3-4/h4-5H,1-3H2. The van der Waals surface area contributed by atoms with Gasteiger partial charge in [-0.05, 0) is 12.8 Å². The highest BCUT2D eigenvalue weighted by Crippen LogP contribution is 2.31. The first-order chi connectivity index (χ1) is 3.88. The fraction of sp³-hybridized carbons (Fsp3) is 0.833. The van der Waals surface area contributed by atoms with Gasteiger partial charge in [-0.15, -0.1) is 0 Å². The third kappa shape index (κ3) is 0.388. The van der Waals surface area contributed by atoms with Crippen LogP contribution >= 0.6 is 0 Å². The monoisotopic (exact) mass is 112 g/mol. The average molecular weight is 112 g/mol. The van der Waals surface area contributed by atoms with Crippen LogP contribution in [-0.2, 0) is 9.53 Å². The fourth-order valence-electron chi connectivity index (χ4n) is 1.46. The summed E-state index contributed by atoms with van der Waals surface area (Å²) in [6, 6.07) is 0. The van der Waals surface area contributed by atoms with Crippen molar-refractivity contribution in [1.82, 2.24) is 0 Å². The van der Waals surface area contributed by atoms with Gasteiger partial charge in [0.2, 0.25) is 0 Å². The molecule has 0 aromatic carbocycles. The van der Waals surface area contributed by atoms with Gasteiger partial charge in [-0.25, -0.2) is 0 Å². The fourth-order valence-corrected chi connectivity index (χ4v) is 1.46. The van der Waals surface area contributed by atoms with Crippen LogP contribution in [0.2, 0.25) is 0 Å². The van der Waals surface area contributed by atoms with Crippen LogP contribution < -0.4 is 0 Å². The van der Waals surface area contributed by atoms with Crippen molar-refractivity contribution in [2.75, 3.05) is 6.61 Å². The first-order valence-electron chi connectivity index (χ1n) is 3.03. The third-order valence-corrected chi connectivity index (χ3v) is 2.00. The van der Waals surface area contributed by atoms with Crippen LogP contribution in [0.15, 0.2) is 0 Å². The minimum atomic E-state index is -0.000000000000000222. The lowest BCUT2D eigenvalue weighted by molar-refractivity contribution is -0.122. The van der Waals surface area contributed by atoms with Crippen LogP contribution in [0.1, 0.15) is 12.8 Å². The summed E-state index contributed by atoms with van der Waals surface area (Å²) >= 11 is 0. The minimum Gasteiger partial charge on any atom is -0.370 e. The molecule has 2 aliphatic rings. The van der Waals surface area contributed by atoms with E-state index in [0.29, 0.717) is 12.4 Å². The molecule has 0 aromatic heterocycles. The van der Waals surface area contributed by atoms with Gasteiger partial charge in [0.05, 0.1) is 6.61 Å². The molecule has 2 atom stereocenters. The Morgan fingerprint density at radius 3 is 2.50 bits per heavy atom. The number of hydrogen-bond donors (Lipinski definition) is 0. The smallest absolute Gasteiger partial charge is 0.166 e. The molecule has 2 nitrogen and oxygen atoms in total. The van der Waals surface area contributed by atoms with Crippen LogP contribution in [0.3, 0.4) is 0 Å². The van der Waals surface area contributed by atoms with E-state index < -0.39 is 0 Å². The summed E-state index contributed by atoms with van der Waals surface area (Å²) in [5.41, 5.74) is 0. The number of ether oxygens (including phenoxy) is 1. The number of ketones is 1. The van der Waals surface area contributed by atoms with Gasteiger partial charge in [0.15, 0.2) is 5.78 Å². The van der Waals surface area contributed by atoms with Crippen molar-refractivity contribution in [2.24, 2.45) is 5.92 Å². The molecule has 0 amide bonds. The van der Waals surface area contributed by atoms with Gasteiger partial charge >= 0.3 is 0 Å². The van der Waals surface area contributed by atoms with Gasteiger partial charge in [-0.3, -0.25) is 4.79 Å². The molecule has 2 bridgehead atoms. The molecule has 2 fully saturated rings. The van der Waals surface area contributed by atoms with Gasteiger partial charge in [-0.2, -0.15) is 0 Å². The third-order valence-electron chi connectivity index (χ3n) is 2.00. The molecule has 1 aliphatic heterocycles. The predicted octanol–water partition coefficient (Wildman–Crippen LogP) is 0.364. The summed E-state index contributed by atoms with van der Waals surface area (Å²) in [5.74, 6) is 0.630. The highest BCUT2D eigenvalue weighted by Gasteiger charge is 2.41. The van der Waals surface area contributed by atoms with E-state index in [4.69, 9.17) is 4.74 Å². The van der Waals surface area contributed by atoms with E-state index in [1.54, 1.807) is 0 Å². The molecule has 1 heterocycles. The van der Waals surface area contributed by atoms with E-state index in [-0.39, 0.29) is 12.0 Å². The van der Waals surface area contributed by atoms with E-state index in [1.807, 2.05) is 0 Å². The maximum atomic E-state index is 10.8. The largest absolute Gasteiger partial charge is 0.370 e. The Morgan fingerprint density at radius 2 is 2.38 bits per heavy atom. The van der Waals surface area contributed by atoms with Crippen molar-refractivity contribution in [3.8, 4) is 0 Å². The normalized spacial score (nSPS) is 43.8. The van der Waals surface area contributed by atoms with Crippen molar-refractivity contribution in [1.29, 1.82) is 0 Å². The van der Waals surface area contributed by atoms with E-state index in [2.05, 4.69) is 0 Å². The number of carbonyl (C=O) groups excluding carboxylic acids is 1. The van der Waals surface area contributed by atoms with E-state index in [0.717, 1.165) is 12.8 Å². The Hall–Kier alpha value is -0.370. The summed E-state index contributed by atoms with van der Waals surface area (Å²) < 4.78 is 5.11. The lowest BCUT2D eigenvalue weighted by atomic mass is 10.1. The molecule has 0 spiro atoms. The van der Waals surface area contributed by atoms with Gasteiger partial charge in [0.1, 0.15) is 6.10 Å². The SMILES string of the molecule is O=C1C2CCC1OC2. The van der Waals surface area contributed by atoms with Gasteiger partial charge in [0.25, 0.3) is 0 Å². The summed E-state index contributed by atoms with van der Waals surface area (Å²) in [6.45, 7) is 0.698. The summed E-state index contributed by atoms with van der Waals surface area (Å²) in [4.78, 5) is 10.8. The van der Waals surface area contributed by atoms with Crippen LogP contribution in [0.5, 0.6) is 0 Å². The average Bonchev–Trinajstić information content (AvgIpc) is 2.29. The molecule has 0 N–H and O–H groups in total. The summed E-state index contributed by atoms with van der Waals surface area (Å²) in [5, 5.41) is 0. The highest BCUT2D eigenvalue weighted by atomic mass is 16.5. The van der Waals surface area contributed by atoms with Gasteiger partial charge in [-0.1, -0.05) is 0 Å². The molecule has 2 unspecified atom stereocenters. The molecule has 1 saturated heterocycles. The molecular formula is C6H8O2. The second-order valence-corrected chi connectivity index (χ2v) is 2.50. The van der Waals surface area contributed by atoms with Crippen molar-refractivity contribution in [3.63, 3.8) is 0 Å². The number of carbonyl (C=O) groups is 1. The Morgan fingerprint density at radius 1 is 1.50 bits per heavy atom. The Balaban J connectivity index is 2.28. The molecule has 2 heteroatoms. The Bertz CT molecular complexity index is 108. The highest BCUT2D eigenvalue weighted by molar-refractivity contribution is 5.89. The van der Waals surface area contributed by atoms with E-state index in [1.165, 1.54) is 0 Å². The molecule has 1 saturated carbocycles. The topological polar surface area (TPSA) is 26.3 Å². The molecule has 0 radical (unpaired) electrons. The molecule has 0 aromatic rings. The minimum absolute atomic E-state index is 0.000000000000000222. The number of Topliss-reactive ketones (excluding diaryl/α,β-unsaturated/α-hetero) is 1. The first kappa shape index (κ1) is 4.50. The lowest BCUT2D eigenvalue weighted by Gasteiger charge is -2.05. The van der Waals surface area contributed by atoms with Crippen LogP contribution in [0, 0.1) is 5.92 Å². The number of rotatable bonds is 0. The van der Waals surface area contributed by atoms with Crippen molar-refractivity contribution in [2.45, 2.75) is 18.9 Å². The van der Waals surface area contributed by atoms with Gasteiger partial charge < -0.3 is 4.74 Å². The lowest BCUT2D eigenvalue weighted by Crippen LogP contribution is -2.09. The molecule has 8 heavy (non-hydrogen) atoms. The molecule has 44 valence electrons. The van der Waals surface area contributed by atoms with Crippen molar-refractivity contribution >= 4 is 5.78 Å². The van der Waals surface area contributed by atoms with E-state index >= 15 is 0 Å². The van der Waals surface area contributed by atoms with Crippen LogP contribution in [-0.4, -0.2) is 18.5 Å².